The summed E-state index contributed by atoms with van der Waals surface area (Å²) in [6.07, 6.45) is 0. The van der Waals surface area contributed by atoms with Crippen LogP contribution >= 0.6 is 0 Å². The van der Waals surface area contributed by atoms with Crippen molar-refractivity contribution < 1.29 is 23.9 Å². The average molecular weight is 432 g/mol. The SMILES string of the molecule is Cc1cc(NC(=O)c2c(C(C)C)c(C(=O)C(=O)NCC(C)(C)O)n(C)c2C)ccc1F. The number of nitrogens with zero attached hydrogens (tertiary/aromatic N) is 1. The molecule has 0 aliphatic heterocycles. The van der Waals surface area contributed by atoms with E-state index in [0.717, 1.165) is 0 Å². The number of aliphatic hydroxyl groups is 1. The number of amides is 2. The van der Waals surface area contributed by atoms with Gasteiger partial charge in [-0.15, -0.1) is 0 Å². The second-order valence-corrected chi connectivity index (χ2v) is 8.68. The van der Waals surface area contributed by atoms with Crippen molar-refractivity contribution in [2.75, 3.05) is 11.9 Å². The minimum Gasteiger partial charge on any atom is -0.389 e. The lowest BCUT2D eigenvalue weighted by molar-refractivity contribution is -0.118. The maximum absolute atomic E-state index is 13.5. The summed E-state index contributed by atoms with van der Waals surface area (Å²) in [5.74, 6) is -2.68. The number of anilines is 1. The van der Waals surface area contributed by atoms with Gasteiger partial charge in [0.15, 0.2) is 0 Å². The van der Waals surface area contributed by atoms with Crippen LogP contribution in [0.4, 0.5) is 10.1 Å². The lowest BCUT2D eigenvalue weighted by atomic mass is 9.95. The maximum Gasteiger partial charge on any atom is 0.294 e. The molecule has 0 saturated carbocycles. The van der Waals surface area contributed by atoms with Crippen LogP contribution in [0.2, 0.25) is 0 Å². The molecule has 0 fully saturated rings. The van der Waals surface area contributed by atoms with Crippen LogP contribution in [-0.2, 0) is 11.8 Å². The quantitative estimate of drug-likeness (QED) is 0.463. The minimum absolute atomic E-state index is 0.0880. The monoisotopic (exact) mass is 431 g/mol. The number of aromatic nitrogens is 1. The zero-order chi connectivity index (χ0) is 23.7. The van der Waals surface area contributed by atoms with Gasteiger partial charge in [0.05, 0.1) is 16.9 Å². The molecule has 0 saturated heterocycles. The predicted molar refractivity (Wildman–Crippen MR) is 117 cm³/mol. The molecule has 1 heterocycles. The smallest absolute Gasteiger partial charge is 0.294 e. The third-order valence-electron chi connectivity index (χ3n) is 5.05. The highest BCUT2D eigenvalue weighted by Crippen LogP contribution is 2.30. The summed E-state index contributed by atoms with van der Waals surface area (Å²) >= 11 is 0. The molecule has 0 bridgehead atoms. The fourth-order valence-electron chi connectivity index (χ4n) is 3.35. The van der Waals surface area contributed by atoms with Crippen LogP contribution < -0.4 is 10.6 Å². The van der Waals surface area contributed by atoms with Crippen LogP contribution in [0, 0.1) is 19.7 Å². The molecule has 31 heavy (non-hydrogen) atoms. The molecule has 3 N–H and O–H groups in total. The molecular weight excluding hydrogens is 401 g/mol. The number of halogens is 1. The first kappa shape index (κ1) is 24.3. The van der Waals surface area contributed by atoms with Gasteiger partial charge in [-0.2, -0.15) is 0 Å². The Labute approximate surface area is 181 Å². The van der Waals surface area contributed by atoms with E-state index in [1.807, 2.05) is 13.8 Å². The molecule has 2 amide bonds. The molecule has 168 valence electrons. The van der Waals surface area contributed by atoms with Crippen LogP contribution in [0.25, 0.3) is 0 Å². The third kappa shape index (κ3) is 5.38. The molecule has 2 rings (SSSR count). The van der Waals surface area contributed by atoms with Crippen LogP contribution in [-0.4, -0.2) is 39.4 Å². The van der Waals surface area contributed by atoms with E-state index in [4.69, 9.17) is 0 Å². The molecule has 2 aromatic rings. The lowest BCUT2D eigenvalue weighted by Crippen LogP contribution is -2.41. The number of carbonyl (C=O) groups is 3. The average Bonchev–Trinajstić information content (AvgIpc) is 2.93. The second-order valence-electron chi connectivity index (χ2n) is 8.68. The van der Waals surface area contributed by atoms with Gasteiger partial charge in [-0.25, -0.2) is 4.39 Å². The van der Waals surface area contributed by atoms with Crippen molar-refractivity contribution in [3.63, 3.8) is 0 Å². The van der Waals surface area contributed by atoms with E-state index < -0.39 is 23.2 Å². The highest BCUT2D eigenvalue weighted by Gasteiger charge is 2.32. The van der Waals surface area contributed by atoms with E-state index >= 15 is 0 Å². The molecule has 0 atom stereocenters. The molecule has 7 nitrogen and oxygen atoms in total. The molecule has 0 spiro atoms. The van der Waals surface area contributed by atoms with Gasteiger partial charge in [0.25, 0.3) is 17.6 Å². The number of carbonyl (C=O) groups excluding carboxylic acids is 3. The van der Waals surface area contributed by atoms with E-state index in [2.05, 4.69) is 10.6 Å². The second kappa shape index (κ2) is 9.01. The topological polar surface area (TPSA) is 100 Å². The summed E-state index contributed by atoms with van der Waals surface area (Å²) in [6.45, 7) is 9.91. The number of hydrogen-bond acceptors (Lipinski definition) is 4. The first-order valence-corrected chi connectivity index (χ1v) is 10.1. The van der Waals surface area contributed by atoms with Gasteiger partial charge in [0.2, 0.25) is 0 Å². The van der Waals surface area contributed by atoms with Crippen LogP contribution in [0.5, 0.6) is 0 Å². The zero-order valence-corrected chi connectivity index (χ0v) is 19.0. The fraction of sp³-hybridized carbons (Fsp3) is 0.435. The first-order valence-electron chi connectivity index (χ1n) is 10.1. The summed E-state index contributed by atoms with van der Waals surface area (Å²) in [5, 5.41) is 15.0. The van der Waals surface area contributed by atoms with E-state index in [0.29, 0.717) is 28.1 Å². The molecule has 0 aliphatic carbocycles. The summed E-state index contributed by atoms with van der Waals surface area (Å²) in [5.41, 5.74) is 1.07. The van der Waals surface area contributed by atoms with Crippen LogP contribution in [0.1, 0.15) is 71.3 Å². The Hall–Kier alpha value is -3.00. The van der Waals surface area contributed by atoms with Gasteiger partial charge in [-0.05, 0) is 62.9 Å². The summed E-state index contributed by atoms with van der Waals surface area (Å²) in [7, 11) is 1.62. The van der Waals surface area contributed by atoms with Crippen molar-refractivity contribution in [3.05, 3.63) is 52.1 Å². The van der Waals surface area contributed by atoms with E-state index in [9.17, 15) is 23.9 Å². The highest BCUT2D eigenvalue weighted by molar-refractivity contribution is 6.43. The van der Waals surface area contributed by atoms with Crippen molar-refractivity contribution in [3.8, 4) is 0 Å². The summed E-state index contributed by atoms with van der Waals surface area (Å²) in [4.78, 5) is 38.5. The molecule has 0 unspecified atom stereocenters. The van der Waals surface area contributed by atoms with Gasteiger partial charge < -0.3 is 20.3 Å². The summed E-state index contributed by atoms with van der Waals surface area (Å²) in [6, 6.07) is 4.26. The van der Waals surface area contributed by atoms with Crippen LogP contribution in [0.15, 0.2) is 18.2 Å². The van der Waals surface area contributed by atoms with E-state index in [1.165, 1.54) is 36.6 Å². The van der Waals surface area contributed by atoms with Crippen molar-refractivity contribution in [2.45, 2.75) is 53.1 Å². The van der Waals surface area contributed by atoms with Crippen LogP contribution in [0.3, 0.4) is 0 Å². The number of Topliss-reactive ketones (excluding diaryl/α,β-unsaturated/α-hetero) is 1. The number of hydrogen-bond donors (Lipinski definition) is 3. The highest BCUT2D eigenvalue weighted by atomic mass is 19.1. The minimum atomic E-state index is -1.17. The molecule has 1 aromatic heterocycles. The Bertz CT molecular complexity index is 1030. The Morgan fingerprint density at radius 1 is 1.19 bits per heavy atom. The van der Waals surface area contributed by atoms with Gasteiger partial charge in [-0.3, -0.25) is 14.4 Å². The number of ketones is 1. The Kier molecular flexibility index (Phi) is 7.06. The van der Waals surface area contributed by atoms with E-state index in [-0.39, 0.29) is 24.0 Å². The van der Waals surface area contributed by atoms with Gasteiger partial charge in [-0.1, -0.05) is 13.8 Å². The van der Waals surface area contributed by atoms with Crippen molar-refractivity contribution in [2.24, 2.45) is 7.05 Å². The molecular formula is C23H30FN3O4. The number of nitrogens with one attached hydrogen (secondary N) is 2. The summed E-state index contributed by atoms with van der Waals surface area (Å²) < 4.78 is 15.1. The Morgan fingerprint density at radius 2 is 1.81 bits per heavy atom. The van der Waals surface area contributed by atoms with Crippen molar-refractivity contribution in [1.82, 2.24) is 9.88 Å². The normalized spacial score (nSPS) is 11.5. The number of aryl methyl sites for hydroxylation is 1. The van der Waals surface area contributed by atoms with Crippen molar-refractivity contribution >= 4 is 23.3 Å². The third-order valence-corrected chi connectivity index (χ3v) is 5.05. The van der Waals surface area contributed by atoms with Crippen molar-refractivity contribution in [1.29, 1.82) is 0 Å². The molecule has 1 aromatic carbocycles. The molecule has 0 radical (unpaired) electrons. The fourth-order valence-corrected chi connectivity index (χ4v) is 3.35. The molecule has 8 heteroatoms. The number of rotatable bonds is 7. The van der Waals surface area contributed by atoms with Gasteiger partial charge >= 0.3 is 0 Å². The Morgan fingerprint density at radius 3 is 2.32 bits per heavy atom. The van der Waals surface area contributed by atoms with Gasteiger partial charge in [0, 0.05) is 25.0 Å². The maximum atomic E-state index is 13.5. The lowest BCUT2D eigenvalue weighted by Gasteiger charge is -2.17. The first-order chi connectivity index (χ1) is 14.2. The largest absolute Gasteiger partial charge is 0.389 e. The zero-order valence-electron chi connectivity index (χ0n) is 19.0. The standard InChI is InChI=1S/C23H30FN3O4/c1-12(2)17-18(21(29)26-15-8-9-16(24)13(3)10-15)14(4)27(7)19(17)20(28)22(30)25-11-23(5,6)31/h8-10,12,31H,11H2,1-7H3,(H,25,30)(H,26,29). The van der Waals surface area contributed by atoms with E-state index in [1.54, 1.807) is 20.9 Å². The van der Waals surface area contributed by atoms with Gasteiger partial charge in [0.1, 0.15) is 5.82 Å². The number of benzene rings is 1. The molecule has 0 aliphatic rings. The Balaban J connectivity index is 2.45. The predicted octanol–water partition coefficient (Wildman–Crippen LogP) is 3.23.